The van der Waals surface area contributed by atoms with E-state index in [2.05, 4.69) is 10.6 Å². The third-order valence-electron chi connectivity index (χ3n) is 6.36. The Kier molecular flexibility index (Phi) is 8.15. The molecular weight excluding hydrogens is 435 g/mol. The molecule has 2 heterocycles. The largest absolute Gasteiger partial charge is 0.505 e. The summed E-state index contributed by atoms with van der Waals surface area (Å²) in [5.74, 6) is -1.25. The zero-order chi connectivity index (χ0) is 25.0. The van der Waals surface area contributed by atoms with Gasteiger partial charge in [-0.05, 0) is 38.8 Å². The van der Waals surface area contributed by atoms with Crippen LogP contribution < -0.4 is 10.6 Å². The minimum absolute atomic E-state index is 0.0171. The summed E-state index contributed by atoms with van der Waals surface area (Å²) in [7, 11) is 1.69. The van der Waals surface area contributed by atoms with E-state index in [1.807, 2.05) is 20.8 Å². The molecule has 1 fully saturated rings. The van der Waals surface area contributed by atoms with E-state index in [0.717, 1.165) is 0 Å². The molecule has 0 aliphatic carbocycles. The molecule has 3 rings (SSSR count). The summed E-state index contributed by atoms with van der Waals surface area (Å²) >= 11 is 0. The number of halogens is 1. The Hall–Kier alpha value is -3.13. The van der Waals surface area contributed by atoms with E-state index in [4.69, 9.17) is 0 Å². The van der Waals surface area contributed by atoms with Crippen LogP contribution in [0.25, 0.3) is 0 Å². The van der Waals surface area contributed by atoms with Crippen molar-refractivity contribution in [1.82, 2.24) is 20.4 Å². The Bertz CT molecular complexity index is 1060. The van der Waals surface area contributed by atoms with Gasteiger partial charge < -0.3 is 25.5 Å². The van der Waals surface area contributed by atoms with Crippen molar-refractivity contribution >= 4 is 11.8 Å². The smallest absolute Gasteiger partial charge is 0.274 e. The predicted octanol–water partition coefficient (Wildman–Crippen LogP) is 3.29. The van der Waals surface area contributed by atoms with Crippen molar-refractivity contribution in [3.05, 3.63) is 69.5 Å². The van der Waals surface area contributed by atoms with Crippen LogP contribution in [-0.2, 0) is 16.1 Å². The SMILES string of the molecule is CC/C=C1/C(O)=C(C(=O)N(C)CC)N2CCC(NCC)C2=C1C(=O)NCc1cccc(C)c1F. The number of carbonyl (C=O) groups is 2. The molecule has 1 atom stereocenters. The van der Waals surface area contributed by atoms with Gasteiger partial charge in [0, 0.05) is 43.5 Å². The van der Waals surface area contributed by atoms with E-state index in [0.29, 0.717) is 60.4 Å². The molecule has 2 amide bonds. The maximum absolute atomic E-state index is 14.5. The molecule has 184 valence electrons. The molecule has 1 aromatic rings. The van der Waals surface area contributed by atoms with Gasteiger partial charge in [0.15, 0.2) is 5.76 Å². The number of hydrogen-bond donors (Lipinski definition) is 3. The summed E-state index contributed by atoms with van der Waals surface area (Å²) in [5.41, 5.74) is 2.44. The quantitative estimate of drug-likeness (QED) is 0.543. The van der Waals surface area contributed by atoms with Crippen molar-refractivity contribution in [3.63, 3.8) is 0 Å². The molecule has 2 aliphatic heterocycles. The molecule has 7 nitrogen and oxygen atoms in total. The first-order chi connectivity index (χ1) is 16.3. The Morgan fingerprint density at radius 2 is 2.03 bits per heavy atom. The Morgan fingerprint density at radius 3 is 2.68 bits per heavy atom. The number of aryl methyl sites for hydroxylation is 1. The van der Waals surface area contributed by atoms with Crippen LogP contribution in [0.3, 0.4) is 0 Å². The molecular formula is C26H35FN4O3. The van der Waals surface area contributed by atoms with Crippen LogP contribution in [0.15, 0.2) is 52.6 Å². The number of likely N-dealkylation sites (N-methyl/N-ethyl adjacent to an activating group) is 2. The fraction of sp³-hybridized carbons (Fsp3) is 0.462. The number of hydrogen-bond acceptors (Lipinski definition) is 5. The molecule has 1 aromatic carbocycles. The third-order valence-corrected chi connectivity index (χ3v) is 6.36. The van der Waals surface area contributed by atoms with Crippen LogP contribution in [0.4, 0.5) is 4.39 Å². The number of allylic oxidation sites excluding steroid dienone is 2. The van der Waals surface area contributed by atoms with Gasteiger partial charge in [-0.3, -0.25) is 9.59 Å². The summed E-state index contributed by atoms with van der Waals surface area (Å²) in [6.07, 6.45) is 3.01. The summed E-state index contributed by atoms with van der Waals surface area (Å²) < 4.78 is 14.5. The predicted molar refractivity (Wildman–Crippen MR) is 130 cm³/mol. The highest BCUT2D eigenvalue weighted by molar-refractivity contribution is 6.03. The molecule has 0 aromatic heterocycles. The minimum atomic E-state index is -0.410. The highest BCUT2D eigenvalue weighted by Gasteiger charge is 2.43. The van der Waals surface area contributed by atoms with Gasteiger partial charge in [0.2, 0.25) is 0 Å². The fourth-order valence-electron chi connectivity index (χ4n) is 4.49. The Morgan fingerprint density at radius 1 is 1.29 bits per heavy atom. The van der Waals surface area contributed by atoms with Crippen LogP contribution in [0.1, 0.15) is 44.7 Å². The first-order valence-electron chi connectivity index (χ1n) is 11.9. The number of rotatable bonds is 8. The number of nitrogens with one attached hydrogen (secondary N) is 2. The van der Waals surface area contributed by atoms with Crippen LogP contribution >= 0.6 is 0 Å². The zero-order valence-corrected chi connectivity index (χ0v) is 20.7. The lowest BCUT2D eigenvalue weighted by molar-refractivity contribution is -0.127. The van der Waals surface area contributed by atoms with E-state index in [1.165, 1.54) is 0 Å². The average Bonchev–Trinajstić information content (AvgIpc) is 3.22. The lowest BCUT2D eigenvalue weighted by atomic mass is 9.92. The lowest BCUT2D eigenvalue weighted by Crippen LogP contribution is -2.42. The number of aliphatic hydroxyl groups is 1. The van der Waals surface area contributed by atoms with Crippen molar-refractivity contribution in [3.8, 4) is 0 Å². The van der Waals surface area contributed by atoms with Gasteiger partial charge in [-0.2, -0.15) is 0 Å². The summed E-state index contributed by atoms with van der Waals surface area (Å²) in [6, 6.07) is 4.92. The van der Waals surface area contributed by atoms with E-state index < -0.39 is 5.91 Å². The molecule has 1 saturated heterocycles. The van der Waals surface area contributed by atoms with Crippen LogP contribution in [0.2, 0.25) is 0 Å². The van der Waals surface area contributed by atoms with Crippen LogP contribution in [0, 0.1) is 12.7 Å². The van der Waals surface area contributed by atoms with Crippen molar-refractivity contribution in [2.75, 3.05) is 26.7 Å². The summed E-state index contributed by atoms with van der Waals surface area (Å²) in [5, 5.41) is 17.5. The average molecular weight is 471 g/mol. The number of nitrogens with zero attached hydrogens (tertiary/aromatic N) is 2. The standard InChI is InChI=1S/C26H35FN4O3/c1-6-10-18-20(25(33)29-15-17-12-9-11-16(4)21(17)27)22-19(28-7-2)13-14-31(22)23(24(18)32)26(34)30(5)8-3/h9-12,19,28,32H,6-8,13-15H2,1-5H3,(H,29,33)/b18-10+. The van der Waals surface area contributed by atoms with Gasteiger partial charge in [-0.25, -0.2) is 4.39 Å². The molecule has 2 aliphatic rings. The molecule has 0 saturated carbocycles. The second-order valence-corrected chi connectivity index (χ2v) is 8.58. The highest BCUT2D eigenvalue weighted by Crippen LogP contribution is 2.40. The number of fused-ring (bicyclic) bond motifs is 1. The molecule has 3 N–H and O–H groups in total. The molecule has 1 unspecified atom stereocenters. The lowest BCUT2D eigenvalue weighted by Gasteiger charge is -2.34. The fourth-order valence-corrected chi connectivity index (χ4v) is 4.49. The number of carbonyl (C=O) groups excluding carboxylic acids is 2. The van der Waals surface area contributed by atoms with Gasteiger partial charge in [0.25, 0.3) is 11.8 Å². The molecule has 34 heavy (non-hydrogen) atoms. The third kappa shape index (κ3) is 4.73. The summed E-state index contributed by atoms with van der Waals surface area (Å²) in [4.78, 5) is 30.1. The normalized spacial score (nSPS) is 19.1. The zero-order valence-electron chi connectivity index (χ0n) is 20.7. The van der Waals surface area contributed by atoms with Crippen molar-refractivity contribution in [2.24, 2.45) is 0 Å². The van der Waals surface area contributed by atoms with E-state index in [9.17, 15) is 19.1 Å². The van der Waals surface area contributed by atoms with Gasteiger partial charge >= 0.3 is 0 Å². The highest BCUT2D eigenvalue weighted by atomic mass is 19.1. The molecule has 0 bridgehead atoms. The monoisotopic (exact) mass is 470 g/mol. The Balaban J connectivity index is 2.07. The van der Waals surface area contributed by atoms with Crippen molar-refractivity contribution in [2.45, 2.75) is 53.1 Å². The van der Waals surface area contributed by atoms with Crippen LogP contribution in [-0.4, -0.2) is 59.4 Å². The second-order valence-electron chi connectivity index (χ2n) is 8.58. The second kappa shape index (κ2) is 10.9. The first-order valence-corrected chi connectivity index (χ1v) is 11.9. The topological polar surface area (TPSA) is 84.9 Å². The van der Waals surface area contributed by atoms with E-state index in [-0.39, 0.29) is 35.8 Å². The van der Waals surface area contributed by atoms with E-state index in [1.54, 1.807) is 48.0 Å². The maximum Gasteiger partial charge on any atom is 0.274 e. The number of aliphatic hydroxyl groups excluding tert-OH is 1. The van der Waals surface area contributed by atoms with Gasteiger partial charge in [0.1, 0.15) is 11.5 Å². The van der Waals surface area contributed by atoms with Gasteiger partial charge in [-0.15, -0.1) is 0 Å². The first kappa shape index (κ1) is 25.5. The van der Waals surface area contributed by atoms with E-state index >= 15 is 0 Å². The number of amides is 2. The van der Waals surface area contributed by atoms with Crippen molar-refractivity contribution < 1.29 is 19.1 Å². The number of benzene rings is 1. The Labute approximate surface area is 201 Å². The molecule has 0 radical (unpaired) electrons. The molecule has 0 spiro atoms. The summed E-state index contributed by atoms with van der Waals surface area (Å²) in [6.45, 7) is 9.13. The van der Waals surface area contributed by atoms with Gasteiger partial charge in [0.05, 0.1) is 11.6 Å². The van der Waals surface area contributed by atoms with Gasteiger partial charge in [-0.1, -0.05) is 38.1 Å². The van der Waals surface area contributed by atoms with Crippen LogP contribution in [0.5, 0.6) is 0 Å². The minimum Gasteiger partial charge on any atom is -0.505 e. The maximum atomic E-state index is 14.5. The molecule has 8 heteroatoms. The van der Waals surface area contributed by atoms with Crippen molar-refractivity contribution in [1.29, 1.82) is 0 Å².